The highest BCUT2D eigenvalue weighted by Gasteiger charge is 2.29. The van der Waals surface area contributed by atoms with Crippen molar-refractivity contribution >= 4 is 23.6 Å². The Hall–Kier alpha value is -2.90. The van der Waals surface area contributed by atoms with E-state index in [0.29, 0.717) is 5.56 Å². The number of carbonyl (C=O) groups excluding carboxylic acids is 3. The molecule has 1 aliphatic carbocycles. The summed E-state index contributed by atoms with van der Waals surface area (Å²) in [5.74, 6) is -2.45. The predicted octanol–water partition coefficient (Wildman–Crippen LogP) is -0.167. The van der Waals surface area contributed by atoms with Gasteiger partial charge < -0.3 is 26.3 Å². The van der Waals surface area contributed by atoms with Crippen LogP contribution in [0.25, 0.3) is 0 Å². The van der Waals surface area contributed by atoms with Crippen LogP contribution in [0.15, 0.2) is 24.3 Å². The maximum atomic E-state index is 12.7. The number of benzene rings is 1. The standard InChI is InChI=1S/C20H28N4O4/c1-12(25)23-16(11-13-7-9-15(10-8-13)18(21)22)19(26)24-17(20(27)28)14-5-3-2-4-6-14/h7-10,14,16-17H,2-6,11H2,1H3,(H3,21,22)(H,23,25)(H,24,26)(H,27,28)/p-1/t16-,17?/m0/s1. The van der Waals surface area contributed by atoms with Crippen molar-refractivity contribution in [3.8, 4) is 0 Å². The van der Waals surface area contributed by atoms with Gasteiger partial charge in [-0.25, -0.2) is 0 Å². The van der Waals surface area contributed by atoms with Gasteiger partial charge >= 0.3 is 0 Å². The van der Waals surface area contributed by atoms with Crippen molar-refractivity contribution in [1.82, 2.24) is 10.6 Å². The van der Waals surface area contributed by atoms with Crippen LogP contribution < -0.4 is 21.5 Å². The summed E-state index contributed by atoms with van der Waals surface area (Å²) in [5, 5.41) is 24.2. The molecule has 0 saturated heterocycles. The van der Waals surface area contributed by atoms with Crippen molar-refractivity contribution < 1.29 is 19.5 Å². The van der Waals surface area contributed by atoms with E-state index < -0.39 is 24.0 Å². The number of amidine groups is 1. The number of aliphatic carboxylic acids is 1. The molecule has 0 bridgehead atoms. The Kier molecular flexibility index (Phi) is 7.54. The van der Waals surface area contributed by atoms with Gasteiger partial charge in [0.2, 0.25) is 11.8 Å². The molecular formula is C20H27N4O4-. The number of hydrogen-bond acceptors (Lipinski definition) is 5. The third-order valence-electron chi connectivity index (χ3n) is 5.07. The van der Waals surface area contributed by atoms with Gasteiger partial charge in [-0.3, -0.25) is 15.0 Å². The highest BCUT2D eigenvalue weighted by atomic mass is 16.4. The number of nitrogens with one attached hydrogen (secondary N) is 3. The van der Waals surface area contributed by atoms with Crippen molar-refractivity contribution in [2.75, 3.05) is 0 Å². The zero-order valence-corrected chi connectivity index (χ0v) is 16.0. The fourth-order valence-electron chi connectivity index (χ4n) is 3.60. The Bertz CT molecular complexity index is 726. The molecule has 8 nitrogen and oxygen atoms in total. The molecule has 5 N–H and O–H groups in total. The van der Waals surface area contributed by atoms with Gasteiger partial charge in [-0.15, -0.1) is 0 Å². The van der Waals surface area contributed by atoms with Crippen LogP contribution in [0.3, 0.4) is 0 Å². The van der Waals surface area contributed by atoms with Crippen LogP contribution in [0, 0.1) is 11.3 Å². The topological polar surface area (TPSA) is 148 Å². The normalized spacial score (nSPS) is 16.6. The molecule has 2 rings (SSSR count). The molecule has 2 atom stereocenters. The molecule has 1 unspecified atom stereocenters. The number of carbonyl (C=O) groups is 3. The zero-order chi connectivity index (χ0) is 20.7. The van der Waals surface area contributed by atoms with Crippen molar-refractivity contribution in [3.63, 3.8) is 0 Å². The Balaban J connectivity index is 2.11. The lowest BCUT2D eigenvalue weighted by Gasteiger charge is -2.32. The molecule has 2 amide bonds. The number of hydrogen-bond donors (Lipinski definition) is 4. The molecule has 1 saturated carbocycles. The first-order valence-electron chi connectivity index (χ1n) is 9.49. The van der Waals surface area contributed by atoms with E-state index in [-0.39, 0.29) is 24.1 Å². The van der Waals surface area contributed by atoms with Gasteiger partial charge in [0, 0.05) is 18.9 Å². The van der Waals surface area contributed by atoms with E-state index in [2.05, 4.69) is 10.6 Å². The first kappa shape index (κ1) is 21.4. The van der Waals surface area contributed by atoms with Crippen LogP contribution in [-0.2, 0) is 20.8 Å². The number of nitrogen functional groups attached to an aromatic ring is 1. The Morgan fingerprint density at radius 3 is 2.25 bits per heavy atom. The second kappa shape index (κ2) is 9.87. The Morgan fingerprint density at radius 1 is 1.14 bits per heavy atom. The summed E-state index contributed by atoms with van der Waals surface area (Å²) < 4.78 is 0. The quantitative estimate of drug-likeness (QED) is 0.361. The number of nitrogens with two attached hydrogens (primary N) is 1. The second-order valence-electron chi connectivity index (χ2n) is 7.27. The number of carboxylic acid groups (broad SMARTS) is 1. The molecule has 8 heteroatoms. The van der Waals surface area contributed by atoms with Crippen molar-refractivity contribution in [2.24, 2.45) is 11.7 Å². The lowest BCUT2D eigenvalue weighted by atomic mass is 9.83. The van der Waals surface area contributed by atoms with E-state index in [1.54, 1.807) is 24.3 Å². The SMILES string of the molecule is CC(=O)N[C@@H](Cc1ccc(C(=N)N)cc1)C(=O)NC(C(=O)[O-])C1CCCCC1. The fourth-order valence-corrected chi connectivity index (χ4v) is 3.60. The highest BCUT2D eigenvalue weighted by molar-refractivity contribution is 5.95. The first-order valence-corrected chi connectivity index (χ1v) is 9.49. The largest absolute Gasteiger partial charge is 0.548 e. The highest BCUT2D eigenvalue weighted by Crippen LogP contribution is 2.26. The van der Waals surface area contributed by atoms with Crippen molar-refractivity contribution in [2.45, 2.75) is 57.5 Å². The van der Waals surface area contributed by atoms with Crippen LogP contribution in [0.4, 0.5) is 0 Å². The summed E-state index contributed by atoms with van der Waals surface area (Å²) in [5.41, 5.74) is 6.74. The molecule has 1 aliphatic rings. The zero-order valence-electron chi connectivity index (χ0n) is 16.0. The lowest BCUT2D eigenvalue weighted by molar-refractivity contribution is -0.310. The molecule has 0 aromatic heterocycles. The number of rotatable bonds is 8. The summed E-state index contributed by atoms with van der Waals surface area (Å²) in [6, 6.07) is 4.78. The molecule has 0 aliphatic heterocycles. The monoisotopic (exact) mass is 387 g/mol. The summed E-state index contributed by atoms with van der Waals surface area (Å²) in [6.07, 6.45) is 4.58. The minimum Gasteiger partial charge on any atom is -0.548 e. The van der Waals surface area contributed by atoms with Gasteiger partial charge in [0.15, 0.2) is 0 Å². The van der Waals surface area contributed by atoms with E-state index in [4.69, 9.17) is 11.1 Å². The Morgan fingerprint density at radius 2 is 1.75 bits per heavy atom. The molecule has 1 aromatic rings. The number of amides is 2. The molecular weight excluding hydrogens is 360 g/mol. The van der Waals surface area contributed by atoms with Crippen LogP contribution in [0.1, 0.15) is 50.2 Å². The van der Waals surface area contributed by atoms with Crippen LogP contribution in [0.5, 0.6) is 0 Å². The van der Waals surface area contributed by atoms with Gasteiger partial charge in [0.1, 0.15) is 11.9 Å². The average Bonchev–Trinajstić information content (AvgIpc) is 2.66. The summed E-state index contributed by atoms with van der Waals surface area (Å²) in [6.45, 7) is 1.30. The molecule has 28 heavy (non-hydrogen) atoms. The molecule has 1 aromatic carbocycles. The maximum absolute atomic E-state index is 12.7. The minimum absolute atomic E-state index is 0.0630. The van der Waals surface area contributed by atoms with Crippen molar-refractivity contribution in [1.29, 1.82) is 5.41 Å². The second-order valence-corrected chi connectivity index (χ2v) is 7.27. The van der Waals surface area contributed by atoms with Crippen LogP contribution in [-0.4, -0.2) is 35.7 Å². The minimum atomic E-state index is -1.30. The fraction of sp³-hybridized carbons (Fsp3) is 0.500. The summed E-state index contributed by atoms with van der Waals surface area (Å²) in [7, 11) is 0. The van der Waals surface area contributed by atoms with E-state index >= 15 is 0 Å². The molecule has 152 valence electrons. The third kappa shape index (κ3) is 6.07. The summed E-state index contributed by atoms with van der Waals surface area (Å²) >= 11 is 0. The van der Waals surface area contributed by atoms with Gasteiger partial charge in [0.25, 0.3) is 0 Å². The number of carboxylic acids is 1. The molecule has 1 fully saturated rings. The van der Waals surface area contributed by atoms with Crippen molar-refractivity contribution in [3.05, 3.63) is 35.4 Å². The first-order chi connectivity index (χ1) is 13.3. The smallest absolute Gasteiger partial charge is 0.243 e. The predicted molar refractivity (Wildman–Crippen MR) is 102 cm³/mol. The maximum Gasteiger partial charge on any atom is 0.243 e. The van der Waals surface area contributed by atoms with E-state index in [9.17, 15) is 19.5 Å². The van der Waals surface area contributed by atoms with Crippen LogP contribution in [0.2, 0.25) is 0 Å². The third-order valence-corrected chi connectivity index (χ3v) is 5.07. The van der Waals surface area contributed by atoms with E-state index in [1.807, 2.05) is 0 Å². The summed E-state index contributed by atoms with van der Waals surface area (Å²) in [4.78, 5) is 35.9. The molecule has 0 heterocycles. The van der Waals surface area contributed by atoms with Gasteiger partial charge in [0.05, 0.1) is 12.0 Å². The lowest BCUT2D eigenvalue weighted by Crippen LogP contribution is -2.57. The van der Waals surface area contributed by atoms with Crippen LogP contribution >= 0.6 is 0 Å². The van der Waals surface area contributed by atoms with Gasteiger partial charge in [-0.1, -0.05) is 43.5 Å². The van der Waals surface area contributed by atoms with E-state index in [0.717, 1.165) is 37.7 Å². The van der Waals surface area contributed by atoms with Gasteiger partial charge in [-0.2, -0.15) is 0 Å². The Labute approximate surface area is 164 Å². The molecule has 0 spiro atoms. The molecule has 0 radical (unpaired) electrons. The van der Waals surface area contributed by atoms with E-state index in [1.165, 1.54) is 6.92 Å². The average molecular weight is 387 g/mol. The van der Waals surface area contributed by atoms with Gasteiger partial charge in [-0.05, 0) is 24.3 Å².